The molecule has 0 fully saturated rings. The zero-order valence-electron chi connectivity index (χ0n) is 14.8. The summed E-state index contributed by atoms with van der Waals surface area (Å²) in [7, 11) is 0. The molecule has 0 saturated carbocycles. The van der Waals surface area contributed by atoms with Gasteiger partial charge in [0.25, 0.3) is 5.91 Å². The molecule has 0 saturated heterocycles. The molecule has 0 aliphatic heterocycles. The molecule has 0 aliphatic carbocycles. The van der Waals surface area contributed by atoms with Gasteiger partial charge in [0.2, 0.25) is 0 Å². The maximum Gasteiger partial charge on any atom is 0.325 e. The van der Waals surface area contributed by atoms with Crippen LogP contribution < -0.4 is 5.32 Å². The Morgan fingerprint density at radius 2 is 2.00 bits per heavy atom. The molecule has 140 valence electrons. The molecule has 0 spiro atoms. The van der Waals surface area contributed by atoms with Gasteiger partial charge in [-0.2, -0.15) is 10.2 Å². The Kier molecular flexibility index (Phi) is 5.27. The second-order valence-corrected chi connectivity index (χ2v) is 6.48. The van der Waals surface area contributed by atoms with E-state index in [1.54, 1.807) is 11.6 Å². The van der Waals surface area contributed by atoms with Crippen LogP contribution in [0.25, 0.3) is 0 Å². The number of hydrogen-bond acceptors (Lipinski definition) is 4. The van der Waals surface area contributed by atoms with Crippen LogP contribution in [0.2, 0.25) is 5.02 Å². The monoisotopic (exact) mass is 387 g/mol. The number of carboxylic acid groups (broad SMARTS) is 1. The molecule has 0 radical (unpaired) electrons. The van der Waals surface area contributed by atoms with E-state index in [-0.39, 0.29) is 18.0 Å². The lowest BCUT2D eigenvalue weighted by Gasteiger charge is -2.08. The fourth-order valence-corrected chi connectivity index (χ4v) is 2.91. The van der Waals surface area contributed by atoms with Crippen LogP contribution in [0, 0.1) is 13.8 Å². The van der Waals surface area contributed by atoms with E-state index in [4.69, 9.17) is 16.7 Å². The second-order valence-electron chi connectivity index (χ2n) is 6.07. The molecule has 1 amide bonds. The maximum absolute atomic E-state index is 12.5. The summed E-state index contributed by atoms with van der Waals surface area (Å²) in [4.78, 5) is 23.2. The molecule has 3 aromatic rings. The molecule has 2 aromatic heterocycles. The van der Waals surface area contributed by atoms with E-state index in [0.717, 1.165) is 11.3 Å². The number of amides is 1. The topological polar surface area (TPSA) is 102 Å². The van der Waals surface area contributed by atoms with E-state index in [0.29, 0.717) is 22.9 Å². The predicted octanol–water partition coefficient (Wildman–Crippen LogP) is 2.74. The minimum Gasteiger partial charge on any atom is -0.480 e. The largest absolute Gasteiger partial charge is 0.480 e. The Labute approximate surface area is 160 Å². The molecule has 1 aromatic carbocycles. The zero-order chi connectivity index (χ0) is 19.6. The third kappa shape index (κ3) is 4.17. The highest BCUT2D eigenvalue weighted by Gasteiger charge is 2.17. The van der Waals surface area contributed by atoms with Crippen molar-refractivity contribution >= 4 is 29.2 Å². The third-order valence-corrected chi connectivity index (χ3v) is 4.46. The standard InChI is InChI=1S/C18H18ClN5O3/c1-11-17(21-18(27)14-7-20-23(8-14)10-16(25)26)12(2)24(22-11)9-13-5-3-4-6-15(13)19/h3-8H,9-10H2,1-2H3,(H,21,27)(H,25,26). The lowest BCUT2D eigenvalue weighted by atomic mass is 10.2. The fourth-order valence-electron chi connectivity index (χ4n) is 2.71. The third-order valence-electron chi connectivity index (χ3n) is 4.09. The van der Waals surface area contributed by atoms with Gasteiger partial charge in [0.15, 0.2) is 0 Å². The summed E-state index contributed by atoms with van der Waals surface area (Å²) in [5, 5.41) is 20.6. The van der Waals surface area contributed by atoms with E-state index in [2.05, 4.69) is 15.5 Å². The number of anilines is 1. The first-order valence-corrected chi connectivity index (χ1v) is 8.56. The number of benzene rings is 1. The quantitative estimate of drug-likeness (QED) is 0.677. The summed E-state index contributed by atoms with van der Waals surface area (Å²) in [5.74, 6) is -1.41. The Morgan fingerprint density at radius 1 is 1.26 bits per heavy atom. The van der Waals surface area contributed by atoms with Crippen LogP contribution in [-0.4, -0.2) is 36.5 Å². The molecule has 2 heterocycles. The number of hydrogen-bond donors (Lipinski definition) is 2. The summed E-state index contributed by atoms with van der Waals surface area (Å²) in [6, 6.07) is 7.52. The fraction of sp³-hybridized carbons (Fsp3) is 0.222. The highest BCUT2D eigenvalue weighted by Crippen LogP contribution is 2.23. The van der Waals surface area contributed by atoms with Crippen molar-refractivity contribution in [2.24, 2.45) is 0 Å². The number of nitrogens with zero attached hydrogens (tertiary/aromatic N) is 4. The molecule has 27 heavy (non-hydrogen) atoms. The highest BCUT2D eigenvalue weighted by atomic mass is 35.5. The van der Waals surface area contributed by atoms with E-state index in [9.17, 15) is 9.59 Å². The lowest BCUT2D eigenvalue weighted by Crippen LogP contribution is -2.13. The van der Waals surface area contributed by atoms with Crippen molar-refractivity contribution in [2.75, 3.05) is 5.32 Å². The van der Waals surface area contributed by atoms with Crippen LogP contribution >= 0.6 is 11.6 Å². The van der Waals surface area contributed by atoms with Gasteiger partial charge in [-0.05, 0) is 25.5 Å². The van der Waals surface area contributed by atoms with E-state index in [1.807, 2.05) is 31.2 Å². The summed E-state index contributed by atoms with van der Waals surface area (Å²) < 4.78 is 2.97. The molecular formula is C18H18ClN5O3. The first-order chi connectivity index (χ1) is 12.8. The van der Waals surface area contributed by atoms with E-state index in [1.165, 1.54) is 17.1 Å². The van der Waals surface area contributed by atoms with Crippen molar-refractivity contribution in [2.45, 2.75) is 26.9 Å². The van der Waals surface area contributed by atoms with Gasteiger partial charge in [-0.1, -0.05) is 29.8 Å². The molecular weight excluding hydrogens is 370 g/mol. The van der Waals surface area contributed by atoms with Crippen molar-refractivity contribution in [1.29, 1.82) is 0 Å². The average Bonchev–Trinajstić information content (AvgIpc) is 3.17. The first kappa shape index (κ1) is 18.7. The van der Waals surface area contributed by atoms with Crippen LogP contribution in [0.5, 0.6) is 0 Å². The highest BCUT2D eigenvalue weighted by molar-refractivity contribution is 6.31. The second kappa shape index (κ2) is 7.63. The SMILES string of the molecule is Cc1nn(Cc2ccccc2Cl)c(C)c1NC(=O)c1cnn(CC(=O)O)c1. The van der Waals surface area contributed by atoms with Crippen LogP contribution in [-0.2, 0) is 17.9 Å². The van der Waals surface area contributed by atoms with Gasteiger partial charge in [0, 0.05) is 11.2 Å². The van der Waals surface area contributed by atoms with Crippen molar-refractivity contribution in [1.82, 2.24) is 19.6 Å². The van der Waals surface area contributed by atoms with Crippen LogP contribution in [0.15, 0.2) is 36.7 Å². The number of aryl methyl sites for hydroxylation is 1. The molecule has 3 rings (SSSR count). The normalized spacial score (nSPS) is 10.8. The average molecular weight is 388 g/mol. The van der Waals surface area contributed by atoms with Gasteiger partial charge in [-0.3, -0.25) is 19.0 Å². The molecule has 0 aliphatic rings. The zero-order valence-corrected chi connectivity index (χ0v) is 15.6. The number of carbonyl (C=O) groups excluding carboxylic acids is 1. The van der Waals surface area contributed by atoms with Crippen molar-refractivity contribution in [3.05, 3.63) is 64.2 Å². The molecule has 0 bridgehead atoms. The van der Waals surface area contributed by atoms with Gasteiger partial charge >= 0.3 is 5.97 Å². The Hall–Kier alpha value is -3.13. The van der Waals surface area contributed by atoms with Gasteiger partial charge in [0.1, 0.15) is 6.54 Å². The number of halogens is 1. The number of carbonyl (C=O) groups is 2. The smallest absolute Gasteiger partial charge is 0.325 e. The molecule has 9 heteroatoms. The number of rotatable bonds is 6. The van der Waals surface area contributed by atoms with E-state index >= 15 is 0 Å². The number of carboxylic acids is 1. The Bertz CT molecular complexity index is 1010. The van der Waals surface area contributed by atoms with Gasteiger partial charge in [-0.15, -0.1) is 0 Å². The molecule has 0 atom stereocenters. The molecule has 0 unspecified atom stereocenters. The predicted molar refractivity (Wildman–Crippen MR) is 100 cm³/mol. The molecule has 8 nitrogen and oxygen atoms in total. The Balaban J connectivity index is 1.78. The van der Waals surface area contributed by atoms with Gasteiger partial charge in [0.05, 0.1) is 35.4 Å². The van der Waals surface area contributed by atoms with Crippen molar-refractivity contribution in [3.8, 4) is 0 Å². The maximum atomic E-state index is 12.5. The number of aliphatic carboxylic acids is 1. The number of aromatic nitrogens is 4. The van der Waals surface area contributed by atoms with Gasteiger partial charge < -0.3 is 10.4 Å². The summed E-state index contributed by atoms with van der Waals surface area (Å²) in [6.45, 7) is 3.85. The first-order valence-electron chi connectivity index (χ1n) is 8.18. The van der Waals surface area contributed by atoms with Crippen molar-refractivity contribution in [3.63, 3.8) is 0 Å². The van der Waals surface area contributed by atoms with Crippen LogP contribution in [0.3, 0.4) is 0 Å². The molecule has 2 N–H and O–H groups in total. The van der Waals surface area contributed by atoms with Crippen LogP contribution in [0.1, 0.15) is 27.3 Å². The summed E-state index contributed by atoms with van der Waals surface area (Å²) >= 11 is 6.21. The minimum absolute atomic E-state index is 0.272. The summed E-state index contributed by atoms with van der Waals surface area (Å²) in [5.41, 5.74) is 3.27. The number of nitrogens with one attached hydrogen (secondary N) is 1. The van der Waals surface area contributed by atoms with Gasteiger partial charge in [-0.25, -0.2) is 0 Å². The van der Waals surface area contributed by atoms with Crippen LogP contribution in [0.4, 0.5) is 5.69 Å². The summed E-state index contributed by atoms with van der Waals surface area (Å²) in [6.07, 6.45) is 2.72. The van der Waals surface area contributed by atoms with Crippen molar-refractivity contribution < 1.29 is 14.7 Å². The lowest BCUT2D eigenvalue weighted by molar-refractivity contribution is -0.137. The minimum atomic E-state index is -1.03. The van der Waals surface area contributed by atoms with E-state index < -0.39 is 5.97 Å². The Morgan fingerprint density at radius 3 is 2.70 bits per heavy atom.